The summed E-state index contributed by atoms with van der Waals surface area (Å²) in [6.07, 6.45) is 3.85. The highest BCUT2D eigenvalue weighted by Gasteiger charge is 2.34. The van der Waals surface area contributed by atoms with E-state index in [1.165, 1.54) is 0 Å². The minimum absolute atomic E-state index is 0.195. The number of nitrogens with two attached hydrogens (primary N) is 1. The van der Waals surface area contributed by atoms with Crippen molar-refractivity contribution in [1.82, 2.24) is 4.90 Å². The van der Waals surface area contributed by atoms with E-state index in [1.54, 1.807) is 4.90 Å². The third-order valence-corrected chi connectivity index (χ3v) is 3.70. The molecule has 1 aliphatic heterocycles. The average Bonchev–Trinajstić information content (AvgIpc) is 2.24. The molecule has 1 aliphatic carbocycles. The topological polar surface area (TPSA) is 66.6 Å². The molecule has 4 nitrogen and oxygen atoms in total. The van der Waals surface area contributed by atoms with Crippen LogP contribution in [0.5, 0.6) is 0 Å². The molecule has 2 rings (SSSR count). The van der Waals surface area contributed by atoms with Crippen LogP contribution in [0.2, 0.25) is 0 Å². The van der Waals surface area contributed by atoms with Crippen molar-refractivity contribution in [3.8, 4) is 0 Å². The van der Waals surface area contributed by atoms with Crippen molar-refractivity contribution in [2.45, 2.75) is 31.8 Å². The lowest BCUT2D eigenvalue weighted by molar-refractivity contribution is -0.147. The Morgan fingerprint density at radius 3 is 2.33 bits per heavy atom. The van der Waals surface area contributed by atoms with Crippen LogP contribution in [0.25, 0.3) is 0 Å². The normalized spacial score (nSPS) is 32.5. The van der Waals surface area contributed by atoms with Gasteiger partial charge in [-0.2, -0.15) is 0 Å². The van der Waals surface area contributed by atoms with Crippen LogP contribution >= 0.6 is 0 Å². The lowest BCUT2D eigenvalue weighted by atomic mass is 9.81. The molecule has 1 saturated carbocycles. The van der Waals surface area contributed by atoms with Crippen molar-refractivity contribution in [2.24, 2.45) is 17.6 Å². The van der Waals surface area contributed by atoms with Gasteiger partial charge in [-0.25, -0.2) is 0 Å². The van der Waals surface area contributed by atoms with Gasteiger partial charge in [-0.15, -0.1) is 0 Å². The Hall–Kier alpha value is -0.610. The first-order valence-corrected chi connectivity index (χ1v) is 5.87. The number of hydrogen-bond donors (Lipinski definition) is 2. The van der Waals surface area contributed by atoms with Crippen LogP contribution in [0.3, 0.4) is 0 Å². The number of carbonyl (C=O) groups is 1. The molecule has 0 aromatic rings. The van der Waals surface area contributed by atoms with Crippen LogP contribution in [0.4, 0.5) is 0 Å². The molecule has 0 aromatic heterocycles. The summed E-state index contributed by atoms with van der Waals surface area (Å²) < 4.78 is 0. The first-order chi connectivity index (χ1) is 7.20. The standard InChI is InChI=1S/C11H20N2O2/c12-5-8-1-3-9(4-2-8)11(15)13-6-10(14)7-13/h8-10,14H,1-7,12H2. The molecule has 15 heavy (non-hydrogen) atoms. The van der Waals surface area contributed by atoms with E-state index < -0.39 is 0 Å². The zero-order chi connectivity index (χ0) is 10.8. The van der Waals surface area contributed by atoms with Crippen LogP contribution in [0.1, 0.15) is 25.7 Å². The number of β-amino-alcohol motifs (C(OH)–C–C–N with tert-alkyl or cyclic N) is 1. The third-order valence-electron chi connectivity index (χ3n) is 3.70. The number of aliphatic hydroxyl groups is 1. The first-order valence-electron chi connectivity index (χ1n) is 5.87. The Balaban J connectivity index is 1.78. The monoisotopic (exact) mass is 212 g/mol. The highest BCUT2D eigenvalue weighted by atomic mass is 16.3. The summed E-state index contributed by atoms with van der Waals surface area (Å²) in [5, 5.41) is 9.14. The number of rotatable bonds is 2. The lowest BCUT2D eigenvalue weighted by Crippen LogP contribution is -2.55. The summed E-state index contributed by atoms with van der Waals surface area (Å²) >= 11 is 0. The highest BCUT2D eigenvalue weighted by Crippen LogP contribution is 2.30. The quantitative estimate of drug-likeness (QED) is 0.674. The maximum Gasteiger partial charge on any atom is 0.225 e. The van der Waals surface area contributed by atoms with Crippen LogP contribution < -0.4 is 5.73 Å². The number of hydrogen-bond acceptors (Lipinski definition) is 3. The predicted molar refractivity (Wildman–Crippen MR) is 57.1 cm³/mol. The molecule has 2 aliphatic rings. The summed E-state index contributed by atoms with van der Waals surface area (Å²) in [5.41, 5.74) is 5.61. The molecule has 1 heterocycles. The molecule has 0 unspecified atom stereocenters. The summed E-state index contributed by atoms with van der Waals surface area (Å²) in [4.78, 5) is 13.7. The maximum absolute atomic E-state index is 11.9. The Morgan fingerprint density at radius 1 is 1.27 bits per heavy atom. The minimum atomic E-state index is -0.283. The third kappa shape index (κ3) is 2.32. The van der Waals surface area contributed by atoms with E-state index in [9.17, 15) is 4.79 Å². The molecule has 0 spiro atoms. The molecule has 4 heteroatoms. The number of aliphatic hydroxyl groups excluding tert-OH is 1. The molecular weight excluding hydrogens is 192 g/mol. The zero-order valence-electron chi connectivity index (χ0n) is 9.06. The van der Waals surface area contributed by atoms with Gasteiger partial charge in [-0.3, -0.25) is 4.79 Å². The van der Waals surface area contributed by atoms with E-state index in [0.717, 1.165) is 32.2 Å². The molecule has 1 amide bonds. The second-order valence-electron chi connectivity index (χ2n) is 4.85. The molecule has 86 valence electrons. The molecular formula is C11H20N2O2. The van der Waals surface area contributed by atoms with Gasteiger partial charge in [0, 0.05) is 19.0 Å². The zero-order valence-corrected chi connectivity index (χ0v) is 9.06. The van der Waals surface area contributed by atoms with Gasteiger partial charge in [0.1, 0.15) is 0 Å². The average molecular weight is 212 g/mol. The summed E-state index contributed by atoms with van der Waals surface area (Å²) in [6.45, 7) is 1.83. The van der Waals surface area contributed by atoms with Gasteiger partial charge < -0.3 is 15.7 Å². The van der Waals surface area contributed by atoms with Crippen molar-refractivity contribution >= 4 is 5.91 Å². The fraction of sp³-hybridized carbons (Fsp3) is 0.909. The van der Waals surface area contributed by atoms with E-state index in [-0.39, 0.29) is 17.9 Å². The Bertz CT molecular complexity index is 231. The lowest BCUT2D eigenvalue weighted by Gasteiger charge is -2.39. The fourth-order valence-corrected chi connectivity index (χ4v) is 2.54. The largest absolute Gasteiger partial charge is 0.389 e. The van der Waals surface area contributed by atoms with Gasteiger partial charge in [-0.05, 0) is 38.1 Å². The van der Waals surface area contributed by atoms with Crippen molar-refractivity contribution in [1.29, 1.82) is 0 Å². The van der Waals surface area contributed by atoms with E-state index >= 15 is 0 Å². The van der Waals surface area contributed by atoms with Crippen molar-refractivity contribution < 1.29 is 9.90 Å². The van der Waals surface area contributed by atoms with Gasteiger partial charge in [0.25, 0.3) is 0 Å². The Labute approximate surface area is 90.4 Å². The smallest absolute Gasteiger partial charge is 0.225 e. The van der Waals surface area contributed by atoms with Crippen molar-refractivity contribution in [2.75, 3.05) is 19.6 Å². The highest BCUT2D eigenvalue weighted by molar-refractivity contribution is 5.79. The summed E-state index contributed by atoms with van der Waals surface area (Å²) in [5.74, 6) is 1.06. The molecule has 0 atom stereocenters. The molecule has 3 N–H and O–H groups in total. The van der Waals surface area contributed by atoms with Gasteiger partial charge in [0.15, 0.2) is 0 Å². The number of likely N-dealkylation sites (tertiary alicyclic amines) is 1. The maximum atomic E-state index is 11.9. The SMILES string of the molecule is NCC1CCC(C(=O)N2CC(O)C2)CC1. The van der Waals surface area contributed by atoms with Crippen LogP contribution in [0, 0.1) is 11.8 Å². The van der Waals surface area contributed by atoms with Crippen LogP contribution in [0.15, 0.2) is 0 Å². The number of nitrogens with zero attached hydrogens (tertiary/aromatic N) is 1. The minimum Gasteiger partial charge on any atom is -0.389 e. The molecule has 1 saturated heterocycles. The Kier molecular flexibility index (Phi) is 3.26. The molecule has 0 bridgehead atoms. The predicted octanol–water partition coefficient (Wildman–Crippen LogP) is -0.0454. The fourth-order valence-electron chi connectivity index (χ4n) is 2.54. The van der Waals surface area contributed by atoms with Crippen molar-refractivity contribution in [3.63, 3.8) is 0 Å². The molecule has 2 fully saturated rings. The summed E-state index contributed by atoms with van der Waals surface area (Å²) in [7, 11) is 0. The second kappa shape index (κ2) is 4.49. The van der Waals surface area contributed by atoms with Gasteiger partial charge >= 0.3 is 0 Å². The number of carbonyl (C=O) groups excluding carboxylic acids is 1. The molecule has 0 radical (unpaired) electrons. The first kappa shape index (κ1) is 10.9. The number of amides is 1. The van der Waals surface area contributed by atoms with Crippen LogP contribution in [-0.2, 0) is 4.79 Å². The molecule has 0 aromatic carbocycles. The van der Waals surface area contributed by atoms with Crippen LogP contribution in [-0.4, -0.2) is 41.7 Å². The van der Waals surface area contributed by atoms with E-state index in [2.05, 4.69) is 0 Å². The van der Waals surface area contributed by atoms with E-state index in [1.807, 2.05) is 0 Å². The van der Waals surface area contributed by atoms with Gasteiger partial charge in [-0.1, -0.05) is 0 Å². The van der Waals surface area contributed by atoms with Crippen molar-refractivity contribution in [3.05, 3.63) is 0 Å². The van der Waals surface area contributed by atoms with E-state index in [4.69, 9.17) is 10.8 Å². The Morgan fingerprint density at radius 2 is 1.87 bits per heavy atom. The van der Waals surface area contributed by atoms with Gasteiger partial charge in [0.2, 0.25) is 5.91 Å². The summed E-state index contributed by atoms with van der Waals surface area (Å²) in [6, 6.07) is 0. The van der Waals surface area contributed by atoms with Gasteiger partial charge in [0.05, 0.1) is 6.10 Å². The second-order valence-corrected chi connectivity index (χ2v) is 4.85. The van der Waals surface area contributed by atoms with E-state index in [0.29, 0.717) is 19.0 Å².